The van der Waals surface area contributed by atoms with Gasteiger partial charge in [-0.05, 0) is 13.0 Å². The second kappa shape index (κ2) is 4.57. The molecule has 0 radical (unpaired) electrons. The molecule has 1 N–H and O–H groups in total. The van der Waals surface area contributed by atoms with Crippen molar-refractivity contribution >= 4 is 5.76 Å². The van der Waals surface area contributed by atoms with E-state index in [4.69, 9.17) is 9.84 Å². The Morgan fingerprint density at radius 1 is 1.42 bits per heavy atom. The van der Waals surface area contributed by atoms with E-state index < -0.39 is 0 Å². The lowest BCUT2D eigenvalue weighted by molar-refractivity contribution is 0.0747. The van der Waals surface area contributed by atoms with Crippen molar-refractivity contribution in [3.8, 4) is 0 Å². The lowest BCUT2D eigenvalue weighted by atomic mass is 10.2. The summed E-state index contributed by atoms with van der Waals surface area (Å²) in [5.41, 5.74) is 0.981. The average Bonchev–Trinajstić information content (AvgIpc) is 2.15. The van der Waals surface area contributed by atoms with Crippen LogP contribution < -0.4 is 0 Å². The van der Waals surface area contributed by atoms with Crippen LogP contribution in [0.5, 0.6) is 0 Å². The van der Waals surface area contributed by atoms with Crippen LogP contribution in [0.3, 0.4) is 0 Å². The average molecular weight is 164 g/mol. The van der Waals surface area contributed by atoms with Gasteiger partial charge in [-0.25, -0.2) is 0 Å². The summed E-state index contributed by atoms with van der Waals surface area (Å²) in [6.45, 7) is 1.59. The van der Waals surface area contributed by atoms with E-state index in [9.17, 15) is 0 Å². The highest BCUT2D eigenvalue weighted by Gasteiger charge is 1.97. The minimum atomic E-state index is -0.283. The van der Waals surface area contributed by atoms with Crippen LogP contribution in [0, 0.1) is 0 Å². The Labute approximate surface area is 72.1 Å². The predicted molar refractivity (Wildman–Crippen MR) is 48.3 cm³/mol. The summed E-state index contributed by atoms with van der Waals surface area (Å²) in [7, 11) is 0. The smallest absolute Gasteiger partial charge is 0.186 e. The van der Waals surface area contributed by atoms with Gasteiger partial charge in [-0.15, -0.1) is 0 Å². The molecule has 0 atom stereocenters. The highest BCUT2D eigenvalue weighted by molar-refractivity contribution is 5.58. The van der Waals surface area contributed by atoms with Gasteiger partial charge in [-0.3, -0.25) is 0 Å². The molecule has 0 unspecified atom stereocenters. The van der Waals surface area contributed by atoms with Gasteiger partial charge >= 0.3 is 0 Å². The first-order valence-electron chi connectivity index (χ1n) is 3.84. The van der Waals surface area contributed by atoms with E-state index in [1.807, 2.05) is 43.3 Å². The monoisotopic (exact) mass is 164 g/mol. The molecule has 1 aromatic rings. The maximum absolute atomic E-state index is 8.57. The third-order valence-electron chi connectivity index (χ3n) is 1.54. The molecule has 12 heavy (non-hydrogen) atoms. The van der Waals surface area contributed by atoms with E-state index in [0.29, 0.717) is 5.76 Å². The molecule has 1 rings (SSSR count). The normalized spacial score (nSPS) is 11.3. The van der Waals surface area contributed by atoms with E-state index in [1.165, 1.54) is 0 Å². The number of hydrogen-bond donors (Lipinski definition) is 1. The molecule has 2 nitrogen and oxygen atoms in total. The predicted octanol–water partition coefficient (Wildman–Crippen LogP) is 2.01. The van der Waals surface area contributed by atoms with Crippen LogP contribution in [0.15, 0.2) is 36.4 Å². The van der Waals surface area contributed by atoms with Crippen LogP contribution in [-0.2, 0) is 4.74 Å². The second-order valence-electron chi connectivity index (χ2n) is 2.29. The Morgan fingerprint density at radius 3 is 2.58 bits per heavy atom. The van der Waals surface area contributed by atoms with Gasteiger partial charge in [-0.2, -0.15) is 0 Å². The Bertz CT molecular complexity index is 252. The molecular weight excluding hydrogens is 152 g/mol. The molecule has 0 aromatic heterocycles. The minimum absolute atomic E-state index is 0.283. The van der Waals surface area contributed by atoms with Crippen molar-refractivity contribution in [3.05, 3.63) is 42.0 Å². The number of rotatable bonds is 3. The summed E-state index contributed by atoms with van der Waals surface area (Å²) in [6, 6.07) is 9.67. The molecule has 0 saturated heterocycles. The van der Waals surface area contributed by atoms with Crippen LogP contribution in [0.2, 0.25) is 0 Å². The zero-order valence-corrected chi connectivity index (χ0v) is 7.03. The fraction of sp³-hybridized carbons (Fsp3) is 0.200. The zero-order valence-electron chi connectivity index (χ0n) is 7.03. The first kappa shape index (κ1) is 8.81. The first-order valence-corrected chi connectivity index (χ1v) is 3.84. The van der Waals surface area contributed by atoms with Crippen molar-refractivity contribution in [2.24, 2.45) is 0 Å². The van der Waals surface area contributed by atoms with Gasteiger partial charge in [0.15, 0.2) is 6.79 Å². The van der Waals surface area contributed by atoms with Crippen LogP contribution in [0.4, 0.5) is 0 Å². The first-order chi connectivity index (χ1) is 5.88. The van der Waals surface area contributed by atoms with Gasteiger partial charge in [0, 0.05) is 5.56 Å². The van der Waals surface area contributed by atoms with Gasteiger partial charge in [0.1, 0.15) is 5.76 Å². The highest BCUT2D eigenvalue weighted by Crippen LogP contribution is 2.14. The lowest BCUT2D eigenvalue weighted by Gasteiger charge is -2.06. The second-order valence-corrected chi connectivity index (χ2v) is 2.29. The molecular formula is C10H12O2. The van der Waals surface area contributed by atoms with Crippen molar-refractivity contribution in [3.63, 3.8) is 0 Å². The Kier molecular flexibility index (Phi) is 3.35. The third-order valence-corrected chi connectivity index (χ3v) is 1.54. The molecule has 64 valence electrons. The van der Waals surface area contributed by atoms with Crippen LogP contribution in [0.1, 0.15) is 12.5 Å². The molecule has 1 aromatic carbocycles. The maximum Gasteiger partial charge on any atom is 0.186 e. The van der Waals surface area contributed by atoms with Gasteiger partial charge in [0.05, 0.1) is 0 Å². The van der Waals surface area contributed by atoms with E-state index in [-0.39, 0.29) is 6.79 Å². The summed E-state index contributed by atoms with van der Waals surface area (Å²) in [4.78, 5) is 0. The molecule has 0 spiro atoms. The van der Waals surface area contributed by atoms with Crippen LogP contribution >= 0.6 is 0 Å². The molecule has 0 saturated carbocycles. The highest BCUT2D eigenvalue weighted by atomic mass is 16.6. The fourth-order valence-corrected chi connectivity index (χ4v) is 1.01. The lowest BCUT2D eigenvalue weighted by Crippen LogP contribution is -1.92. The summed E-state index contributed by atoms with van der Waals surface area (Å²) in [6.07, 6.45) is 1.82. The maximum atomic E-state index is 8.57. The largest absolute Gasteiger partial charge is 0.467 e. The summed E-state index contributed by atoms with van der Waals surface area (Å²) < 4.78 is 4.99. The van der Waals surface area contributed by atoms with Crippen LogP contribution in [-0.4, -0.2) is 11.9 Å². The number of aliphatic hydroxyl groups excluding tert-OH is 1. The quantitative estimate of drug-likeness (QED) is 0.547. The van der Waals surface area contributed by atoms with Crippen LogP contribution in [0.25, 0.3) is 5.76 Å². The molecule has 0 heterocycles. The molecule has 0 amide bonds. The Morgan fingerprint density at radius 2 is 2.08 bits per heavy atom. The standard InChI is InChI=1S/C10H12O2/c1-2-10(12-8-11)9-6-4-3-5-7-9/h2-7,11H,8H2,1H3. The fourth-order valence-electron chi connectivity index (χ4n) is 1.01. The van der Waals surface area contributed by atoms with Crippen molar-refractivity contribution in [2.75, 3.05) is 6.79 Å². The number of aliphatic hydroxyl groups is 1. The van der Waals surface area contributed by atoms with E-state index >= 15 is 0 Å². The van der Waals surface area contributed by atoms with Crippen molar-refractivity contribution in [1.82, 2.24) is 0 Å². The molecule has 0 aliphatic carbocycles. The molecule has 0 aliphatic heterocycles. The zero-order chi connectivity index (χ0) is 8.81. The minimum Gasteiger partial charge on any atom is -0.467 e. The molecule has 0 fully saturated rings. The van der Waals surface area contributed by atoms with Gasteiger partial charge in [0.2, 0.25) is 0 Å². The van der Waals surface area contributed by atoms with Gasteiger partial charge in [-0.1, -0.05) is 30.3 Å². The van der Waals surface area contributed by atoms with Crippen molar-refractivity contribution in [1.29, 1.82) is 0 Å². The number of allylic oxidation sites excluding steroid dienone is 1. The molecule has 0 bridgehead atoms. The topological polar surface area (TPSA) is 29.5 Å². The van der Waals surface area contributed by atoms with Gasteiger partial charge in [0.25, 0.3) is 0 Å². The Hall–Kier alpha value is -1.28. The van der Waals surface area contributed by atoms with Gasteiger partial charge < -0.3 is 9.84 Å². The van der Waals surface area contributed by atoms with E-state index in [2.05, 4.69) is 0 Å². The SMILES string of the molecule is CC=C(OCO)c1ccccc1. The summed E-state index contributed by atoms with van der Waals surface area (Å²) >= 11 is 0. The number of benzene rings is 1. The van der Waals surface area contributed by atoms with E-state index in [0.717, 1.165) is 5.56 Å². The third kappa shape index (κ3) is 2.10. The summed E-state index contributed by atoms with van der Waals surface area (Å²) in [5.74, 6) is 0.707. The Balaban J connectivity index is 2.82. The number of hydrogen-bond acceptors (Lipinski definition) is 2. The molecule has 0 aliphatic rings. The van der Waals surface area contributed by atoms with Crippen molar-refractivity contribution in [2.45, 2.75) is 6.92 Å². The number of ether oxygens (including phenoxy) is 1. The van der Waals surface area contributed by atoms with E-state index in [1.54, 1.807) is 0 Å². The van der Waals surface area contributed by atoms with Crippen molar-refractivity contribution < 1.29 is 9.84 Å². The molecule has 2 heteroatoms. The summed E-state index contributed by atoms with van der Waals surface area (Å²) in [5, 5.41) is 8.57.